The average molecular weight is 310 g/mol. The Hall–Kier alpha value is -2.30. The molecule has 5 nitrogen and oxygen atoms in total. The second-order valence-corrected chi connectivity index (χ2v) is 6.38. The highest BCUT2D eigenvalue weighted by molar-refractivity contribution is 5.67. The maximum atomic E-state index is 5.97. The number of benzene rings is 1. The molecule has 2 atom stereocenters. The first-order chi connectivity index (χ1) is 11.3. The van der Waals surface area contributed by atoms with Crippen molar-refractivity contribution in [1.82, 2.24) is 9.97 Å². The molecule has 1 aliphatic heterocycles. The molecule has 23 heavy (non-hydrogen) atoms. The molecular formula is C18H22N4O. The molecule has 2 unspecified atom stereocenters. The molecule has 2 aromatic rings. The lowest BCUT2D eigenvalue weighted by atomic mass is 10.1. The van der Waals surface area contributed by atoms with Crippen LogP contribution in [0, 0.1) is 0 Å². The van der Waals surface area contributed by atoms with Crippen molar-refractivity contribution in [3.63, 3.8) is 0 Å². The van der Waals surface area contributed by atoms with E-state index in [9.17, 15) is 0 Å². The fraction of sp³-hybridized carbons (Fsp3) is 0.444. The van der Waals surface area contributed by atoms with Gasteiger partial charge >= 0.3 is 0 Å². The third kappa shape index (κ3) is 2.71. The summed E-state index contributed by atoms with van der Waals surface area (Å²) in [5, 5.41) is 0. The molecule has 0 amide bonds. The molecule has 1 aliphatic carbocycles. The summed E-state index contributed by atoms with van der Waals surface area (Å²) in [4.78, 5) is 11.3. The van der Waals surface area contributed by atoms with Gasteiger partial charge in [-0.2, -0.15) is 4.98 Å². The summed E-state index contributed by atoms with van der Waals surface area (Å²) < 4.78 is 5.30. The van der Waals surface area contributed by atoms with Crippen molar-refractivity contribution in [3.05, 3.63) is 30.3 Å². The number of fused-ring (bicyclic) bond motifs is 1. The predicted octanol–water partition coefficient (Wildman–Crippen LogP) is 3.26. The minimum atomic E-state index is 0.335. The molecule has 2 heterocycles. The SMILES string of the molecule is COc1cccc(-c2cc(N3C4CCCCCC43)nc(N)n2)c1. The fourth-order valence-corrected chi connectivity index (χ4v) is 3.74. The second-order valence-electron chi connectivity index (χ2n) is 6.38. The molecule has 1 aromatic carbocycles. The van der Waals surface area contributed by atoms with Crippen LogP contribution in [-0.2, 0) is 0 Å². The second kappa shape index (κ2) is 5.72. The van der Waals surface area contributed by atoms with Crippen LogP contribution in [0.25, 0.3) is 11.3 Å². The molecule has 1 saturated carbocycles. The minimum absolute atomic E-state index is 0.335. The molecule has 0 radical (unpaired) electrons. The summed E-state index contributed by atoms with van der Waals surface area (Å²) >= 11 is 0. The largest absolute Gasteiger partial charge is 0.497 e. The summed E-state index contributed by atoms with van der Waals surface area (Å²) in [6.45, 7) is 0. The van der Waals surface area contributed by atoms with Crippen molar-refractivity contribution < 1.29 is 4.74 Å². The number of rotatable bonds is 3. The number of nitrogens with two attached hydrogens (primary N) is 1. The topological polar surface area (TPSA) is 64.0 Å². The molecule has 2 fully saturated rings. The Labute approximate surface area is 136 Å². The number of hydrogen-bond acceptors (Lipinski definition) is 5. The van der Waals surface area contributed by atoms with Crippen LogP contribution in [0.5, 0.6) is 5.75 Å². The lowest BCUT2D eigenvalue weighted by Gasteiger charge is -2.11. The molecule has 0 spiro atoms. The van der Waals surface area contributed by atoms with Gasteiger partial charge in [0.15, 0.2) is 0 Å². The van der Waals surface area contributed by atoms with Crippen molar-refractivity contribution in [2.45, 2.75) is 44.2 Å². The Morgan fingerprint density at radius 3 is 2.61 bits per heavy atom. The lowest BCUT2D eigenvalue weighted by Crippen LogP contribution is -2.07. The van der Waals surface area contributed by atoms with Crippen molar-refractivity contribution in [1.29, 1.82) is 0 Å². The third-order valence-corrected chi connectivity index (χ3v) is 4.93. The van der Waals surface area contributed by atoms with E-state index < -0.39 is 0 Å². The highest BCUT2D eigenvalue weighted by Gasteiger charge is 2.48. The number of hydrogen-bond donors (Lipinski definition) is 1. The van der Waals surface area contributed by atoms with E-state index in [0.29, 0.717) is 18.0 Å². The number of nitrogens with zero attached hydrogens (tertiary/aromatic N) is 3. The molecule has 1 saturated heterocycles. The van der Waals surface area contributed by atoms with Crippen LogP contribution < -0.4 is 15.4 Å². The number of aromatic nitrogens is 2. The Balaban J connectivity index is 1.66. The smallest absolute Gasteiger partial charge is 0.222 e. The van der Waals surface area contributed by atoms with Crippen LogP contribution in [-0.4, -0.2) is 29.2 Å². The van der Waals surface area contributed by atoms with Gasteiger partial charge in [-0.05, 0) is 25.0 Å². The first-order valence-corrected chi connectivity index (χ1v) is 8.33. The Kier molecular flexibility index (Phi) is 3.56. The van der Waals surface area contributed by atoms with Crippen molar-refractivity contribution >= 4 is 11.8 Å². The zero-order valence-electron chi connectivity index (χ0n) is 13.4. The van der Waals surface area contributed by atoms with E-state index in [1.54, 1.807) is 7.11 Å². The number of nitrogen functional groups attached to an aromatic ring is 1. The van der Waals surface area contributed by atoms with E-state index in [1.807, 2.05) is 24.3 Å². The molecule has 120 valence electrons. The summed E-state index contributed by atoms with van der Waals surface area (Å²) in [6.07, 6.45) is 6.54. The highest BCUT2D eigenvalue weighted by atomic mass is 16.5. The van der Waals surface area contributed by atoms with Crippen LogP contribution >= 0.6 is 0 Å². The van der Waals surface area contributed by atoms with Crippen LogP contribution in [0.3, 0.4) is 0 Å². The summed E-state index contributed by atoms with van der Waals surface area (Å²) in [5.41, 5.74) is 7.83. The molecule has 1 aromatic heterocycles. The predicted molar refractivity (Wildman–Crippen MR) is 91.6 cm³/mol. The first kappa shape index (κ1) is 14.3. The van der Waals surface area contributed by atoms with Crippen LogP contribution in [0.1, 0.15) is 32.1 Å². The van der Waals surface area contributed by atoms with Gasteiger partial charge in [0.1, 0.15) is 11.6 Å². The molecule has 2 aliphatic rings. The van der Waals surface area contributed by atoms with Crippen LogP contribution in [0.15, 0.2) is 30.3 Å². The van der Waals surface area contributed by atoms with Gasteiger partial charge in [-0.15, -0.1) is 0 Å². The van der Waals surface area contributed by atoms with Gasteiger partial charge in [0.05, 0.1) is 24.9 Å². The van der Waals surface area contributed by atoms with Crippen molar-refractivity contribution in [2.24, 2.45) is 0 Å². The average Bonchev–Trinajstić information content (AvgIpc) is 3.29. The molecule has 0 bridgehead atoms. The Morgan fingerprint density at radius 1 is 1.09 bits per heavy atom. The zero-order valence-corrected chi connectivity index (χ0v) is 13.4. The van der Waals surface area contributed by atoms with Crippen LogP contribution in [0.4, 0.5) is 11.8 Å². The monoisotopic (exact) mass is 310 g/mol. The lowest BCUT2D eigenvalue weighted by molar-refractivity contribution is 0.415. The number of anilines is 2. The molecule has 5 heteroatoms. The third-order valence-electron chi connectivity index (χ3n) is 4.93. The summed E-state index contributed by atoms with van der Waals surface area (Å²) in [5.74, 6) is 2.12. The standard InChI is InChI=1S/C18H22N4O/c1-23-13-7-5-6-12(10-13)14-11-17(21-18(19)20-14)22-15-8-3-2-4-9-16(15)22/h5-7,10-11,15-16H,2-4,8-9H2,1H3,(H2,19,20,21). The van der Waals surface area contributed by atoms with E-state index in [1.165, 1.54) is 32.1 Å². The van der Waals surface area contributed by atoms with Crippen LogP contribution in [0.2, 0.25) is 0 Å². The zero-order chi connectivity index (χ0) is 15.8. The summed E-state index contributed by atoms with van der Waals surface area (Å²) in [6, 6.07) is 11.2. The van der Waals surface area contributed by atoms with Gasteiger partial charge < -0.3 is 15.4 Å². The van der Waals surface area contributed by atoms with Gasteiger partial charge in [-0.3, -0.25) is 0 Å². The van der Waals surface area contributed by atoms with E-state index >= 15 is 0 Å². The first-order valence-electron chi connectivity index (χ1n) is 8.33. The van der Waals surface area contributed by atoms with Crippen molar-refractivity contribution in [2.75, 3.05) is 17.7 Å². The summed E-state index contributed by atoms with van der Waals surface area (Å²) in [7, 11) is 1.67. The maximum absolute atomic E-state index is 5.97. The van der Waals surface area contributed by atoms with E-state index in [0.717, 1.165) is 22.8 Å². The van der Waals surface area contributed by atoms with E-state index in [-0.39, 0.29) is 0 Å². The van der Waals surface area contributed by atoms with Gasteiger partial charge in [0.2, 0.25) is 5.95 Å². The Bertz CT molecular complexity index is 706. The Morgan fingerprint density at radius 2 is 1.87 bits per heavy atom. The normalized spacial score (nSPS) is 23.1. The fourth-order valence-electron chi connectivity index (χ4n) is 3.74. The number of methoxy groups -OCH3 is 1. The quantitative estimate of drug-likeness (QED) is 0.882. The number of ether oxygens (including phenoxy) is 1. The molecular weight excluding hydrogens is 288 g/mol. The van der Waals surface area contributed by atoms with Gasteiger partial charge in [-0.1, -0.05) is 31.4 Å². The van der Waals surface area contributed by atoms with Crippen molar-refractivity contribution in [3.8, 4) is 17.0 Å². The van der Waals surface area contributed by atoms with Gasteiger partial charge in [-0.25, -0.2) is 4.98 Å². The van der Waals surface area contributed by atoms with Gasteiger partial charge in [0, 0.05) is 11.6 Å². The maximum Gasteiger partial charge on any atom is 0.222 e. The highest BCUT2D eigenvalue weighted by Crippen LogP contribution is 2.43. The van der Waals surface area contributed by atoms with E-state index in [2.05, 4.69) is 20.9 Å². The minimum Gasteiger partial charge on any atom is -0.497 e. The molecule has 2 N–H and O–H groups in total. The van der Waals surface area contributed by atoms with Gasteiger partial charge in [0.25, 0.3) is 0 Å². The molecule has 4 rings (SSSR count). The van der Waals surface area contributed by atoms with E-state index in [4.69, 9.17) is 10.5 Å².